The number of hydrogen-bond donors (Lipinski definition) is 0. The summed E-state index contributed by atoms with van der Waals surface area (Å²) in [5, 5.41) is 6.73. The highest BCUT2D eigenvalue weighted by Crippen LogP contribution is 2.47. The highest BCUT2D eigenvalue weighted by Gasteiger charge is 2.22. The van der Waals surface area contributed by atoms with Crippen molar-refractivity contribution in [2.45, 2.75) is 0 Å². The fourth-order valence-electron chi connectivity index (χ4n) is 10.2. The fraction of sp³-hybridized carbons (Fsp3) is 0. The first-order chi connectivity index (χ1) is 33.2. The third-order valence-electron chi connectivity index (χ3n) is 13.3. The first-order valence-electron chi connectivity index (χ1n) is 22.8. The summed E-state index contributed by atoms with van der Waals surface area (Å²) in [5.74, 6) is 0. The molecule has 0 atom stereocenters. The van der Waals surface area contributed by atoms with Crippen LogP contribution in [0.4, 0.5) is 17.1 Å². The molecular weight excluding hydrogens is 815 g/mol. The highest BCUT2D eigenvalue weighted by molar-refractivity contribution is 6.20. The van der Waals surface area contributed by atoms with E-state index in [0.29, 0.717) is 0 Å². The van der Waals surface area contributed by atoms with Gasteiger partial charge in [-0.25, -0.2) is 0 Å². The molecule has 0 N–H and O–H groups in total. The molecule has 67 heavy (non-hydrogen) atoms. The summed E-state index contributed by atoms with van der Waals surface area (Å²) in [6, 6.07) is 88.9. The minimum Gasteiger partial charge on any atom is -0.456 e. The van der Waals surface area contributed by atoms with E-state index in [-0.39, 0.29) is 0 Å². The molecule has 0 saturated carbocycles. The average Bonchev–Trinajstić information content (AvgIpc) is 3.99. The fourth-order valence-corrected chi connectivity index (χ4v) is 10.2. The van der Waals surface area contributed by atoms with Crippen molar-refractivity contribution in [1.82, 2.24) is 0 Å². The predicted octanol–water partition coefficient (Wildman–Crippen LogP) is 18.4. The zero-order valence-corrected chi connectivity index (χ0v) is 36.4. The zero-order valence-electron chi connectivity index (χ0n) is 36.4. The molecule has 0 spiro atoms. The van der Waals surface area contributed by atoms with Gasteiger partial charge in [0, 0.05) is 43.9 Å². The molecule has 11 aromatic carbocycles. The number of nitrogens with zero attached hydrogens (tertiary/aromatic N) is 1. The molecule has 2 aromatic heterocycles. The number of rotatable bonds is 8. The number of anilines is 3. The first-order valence-corrected chi connectivity index (χ1v) is 22.8. The summed E-state index contributed by atoms with van der Waals surface area (Å²) >= 11 is 0. The molecule has 0 radical (unpaired) electrons. The standard InChI is InChI=1S/C64H41NO2/c1-3-15-43(16-4-1)50-39-34-47(41-57(50)44-17-5-2-6-18-44)42-29-35-48(36-30-42)65(49-37-31-46(32-38-49)51-23-13-27-60-62(51)55-22-10-12-26-59(55)66-60)58-25-11-9-21-53(58)54-24-14-28-61-63(54)56-40-33-45-19-7-8-20-52(45)64(56)67-61/h1-41H. The lowest BCUT2D eigenvalue weighted by Gasteiger charge is -2.28. The summed E-state index contributed by atoms with van der Waals surface area (Å²) in [6.07, 6.45) is 0. The summed E-state index contributed by atoms with van der Waals surface area (Å²) < 4.78 is 13.0. The van der Waals surface area contributed by atoms with Crippen molar-refractivity contribution in [3.8, 4) is 55.6 Å². The van der Waals surface area contributed by atoms with Crippen LogP contribution in [0, 0.1) is 0 Å². The zero-order chi connectivity index (χ0) is 44.3. The van der Waals surface area contributed by atoms with E-state index in [4.69, 9.17) is 8.83 Å². The van der Waals surface area contributed by atoms with Crippen molar-refractivity contribution in [2.75, 3.05) is 4.90 Å². The Morgan fingerprint density at radius 2 is 0.806 bits per heavy atom. The molecule has 2 heterocycles. The van der Waals surface area contributed by atoms with Gasteiger partial charge < -0.3 is 13.7 Å². The van der Waals surface area contributed by atoms with E-state index in [1.54, 1.807) is 0 Å². The molecule has 0 aliphatic carbocycles. The molecule has 0 saturated heterocycles. The maximum Gasteiger partial charge on any atom is 0.143 e. The van der Waals surface area contributed by atoms with Crippen LogP contribution < -0.4 is 4.90 Å². The van der Waals surface area contributed by atoms with Crippen LogP contribution >= 0.6 is 0 Å². The monoisotopic (exact) mass is 855 g/mol. The second-order valence-corrected chi connectivity index (χ2v) is 17.2. The van der Waals surface area contributed by atoms with E-state index in [0.717, 1.165) is 105 Å². The Morgan fingerprint density at radius 3 is 1.57 bits per heavy atom. The average molecular weight is 856 g/mol. The Balaban J connectivity index is 0.966. The topological polar surface area (TPSA) is 29.5 Å². The van der Waals surface area contributed by atoms with Crippen LogP contribution in [-0.2, 0) is 0 Å². The summed E-state index contributed by atoms with van der Waals surface area (Å²) in [5.41, 5.74) is 18.3. The van der Waals surface area contributed by atoms with Crippen LogP contribution in [0.1, 0.15) is 0 Å². The molecule has 13 rings (SSSR count). The molecule has 13 aromatic rings. The van der Waals surface area contributed by atoms with Gasteiger partial charge >= 0.3 is 0 Å². The smallest absolute Gasteiger partial charge is 0.143 e. The summed E-state index contributed by atoms with van der Waals surface area (Å²) in [6.45, 7) is 0. The molecule has 0 aliphatic heterocycles. The van der Waals surface area contributed by atoms with Crippen molar-refractivity contribution in [3.63, 3.8) is 0 Å². The Morgan fingerprint density at radius 1 is 0.269 bits per heavy atom. The number of para-hydroxylation sites is 2. The van der Waals surface area contributed by atoms with Gasteiger partial charge in [0.05, 0.1) is 5.69 Å². The third-order valence-corrected chi connectivity index (χ3v) is 13.3. The molecule has 0 unspecified atom stereocenters. The van der Waals surface area contributed by atoms with Gasteiger partial charge in [0.25, 0.3) is 0 Å². The largest absolute Gasteiger partial charge is 0.456 e. The molecule has 314 valence electrons. The lowest BCUT2D eigenvalue weighted by molar-refractivity contribution is 0.669. The number of furan rings is 2. The van der Waals surface area contributed by atoms with Crippen LogP contribution in [0.3, 0.4) is 0 Å². The predicted molar refractivity (Wildman–Crippen MR) is 280 cm³/mol. The van der Waals surface area contributed by atoms with Crippen LogP contribution in [0.25, 0.3) is 110 Å². The maximum absolute atomic E-state index is 6.71. The van der Waals surface area contributed by atoms with Crippen LogP contribution in [0.5, 0.6) is 0 Å². The van der Waals surface area contributed by atoms with E-state index in [9.17, 15) is 0 Å². The van der Waals surface area contributed by atoms with Gasteiger partial charge in [0.1, 0.15) is 22.3 Å². The number of hydrogen-bond acceptors (Lipinski definition) is 3. The minimum atomic E-state index is 0.869. The van der Waals surface area contributed by atoms with E-state index in [1.807, 2.05) is 12.1 Å². The van der Waals surface area contributed by atoms with Gasteiger partial charge in [-0.2, -0.15) is 0 Å². The molecule has 3 heteroatoms. The molecular formula is C64H41NO2. The van der Waals surface area contributed by atoms with E-state index >= 15 is 0 Å². The van der Waals surface area contributed by atoms with Gasteiger partial charge in [-0.3, -0.25) is 0 Å². The Kier molecular flexibility index (Phi) is 9.17. The van der Waals surface area contributed by atoms with Crippen LogP contribution in [0.2, 0.25) is 0 Å². The Labute approximate surface area is 388 Å². The third kappa shape index (κ3) is 6.59. The Bertz CT molecular complexity index is 3960. The minimum absolute atomic E-state index is 0.869. The Hall–Kier alpha value is -8.92. The normalized spacial score (nSPS) is 11.6. The SMILES string of the molecule is c1ccc(-c2ccc(-c3ccc(N(c4ccc(-c5cccc6oc7ccccc7c56)cc4)c4ccccc4-c4cccc5oc6c7ccccc7ccc6c45)cc3)cc2-c2ccccc2)cc1. The van der Waals surface area contributed by atoms with Gasteiger partial charge in [-0.1, -0.05) is 188 Å². The second-order valence-electron chi connectivity index (χ2n) is 17.2. The van der Waals surface area contributed by atoms with Crippen molar-refractivity contribution < 1.29 is 8.83 Å². The molecule has 3 nitrogen and oxygen atoms in total. The van der Waals surface area contributed by atoms with Crippen molar-refractivity contribution >= 4 is 71.7 Å². The molecule has 0 fully saturated rings. The van der Waals surface area contributed by atoms with Crippen molar-refractivity contribution in [2.24, 2.45) is 0 Å². The highest BCUT2D eigenvalue weighted by atomic mass is 16.3. The lowest BCUT2D eigenvalue weighted by atomic mass is 9.91. The van der Waals surface area contributed by atoms with Crippen LogP contribution in [0.15, 0.2) is 258 Å². The van der Waals surface area contributed by atoms with Gasteiger partial charge in [-0.05, 0) is 116 Å². The van der Waals surface area contributed by atoms with E-state index < -0.39 is 0 Å². The maximum atomic E-state index is 6.71. The van der Waals surface area contributed by atoms with E-state index in [1.165, 1.54) is 22.3 Å². The molecule has 0 bridgehead atoms. The lowest BCUT2D eigenvalue weighted by Crippen LogP contribution is -2.11. The quantitative estimate of drug-likeness (QED) is 0.152. The second kappa shape index (κ2) is 16.0. The van der Waals surface area contributed by atoms with Crippen molar-refractivity contribution in [1.29, 1.82) is 0 Å². The van der Waals surface area contributed by atoms with Gasteiger partial charge in [-0.15, -0.1) is 0 Å². The van der Waals surface area contributed by atoms with Crippen molar-refractivity contribution in [3.05, 3.63) is 249 Å². The van der Waals surface area contributed by atoms with E-state index in [2.05, 4.69) is 241 Å². The van der Waals surface area contributed by atoms with Gasteiger partial charge in [0.2, 0.25) is 0 Å². The summed E-state index contributed by atoms with van der Waals surface area (Å²) in [7, 11) is 0. The molecule has 0 amide bonds. The summed E-state index contributed by atoms with van der Waals surface area (Å²) in [4.78, 5) is 2.39. The number of fused-ring (bicyclic) bond motifs is 8. The molecule has 0 aliphatic rings. The van der Waals surface area contributed by atoms with Crippen LogP contribution in [-0.4, -0.2) is 0 Å². The first kappa shape index (κ1) is 38.5. The number of benzene rings is 11. The van der Waals surface area contributed by atoms with Gasteiger partial charge in [0.15, 0.2) is 0 Å².